The Morgan fingerprint density at radius 1 is 0.411 bits per heavy atom. The Morgan fingerprint density at radius 2 is 0.700 bits per heavy atom. The van der Waals surface area contributed by atoms with Crippen LogP contribution in [0.5, 0.6) is 0 Å². The molecular weight excluding hydrogens is 1140 g/mol. The van der Waals surface area contributed by atoms with Crippen LogP contribution in [0.4, 0.5) is 0 Å². The average Bonchev–Trinajstić information content (AvgIpc) is 1.14. The van der Waals surface area contributed by atoms with E-state index in [1.165, 1.54) is 16.7 Å². The van der Waals surface area contributed by atoms with Gasteiger partial charge in [0.15, 0.2) is 6.10 Å². The highest BCUT2D eigenvalue weighted by Gasteiger charge is 2.77. The highest BCUT2D eigenvalue weighted by Crippen LogP contribution is 2.78. The SMILES string of the molecule is CC(C)C1=CC23CCC4C(C)(C(=O)OCC(COC(=O)C5(C)CCCC6(C)C5CCC57C=C(C(C)C)C(CC65)C5C(=O)OC(=O)C57)OC(=O)C5(C)CCCC6(C)C5CCC57C=C(C(C)C)C(CC65)C5C(=O)OC(=O)C57)CCCC4(C)C2CC1C1C(=O)OC(=O)C13. The molecule has 0 N–H and O–H groups in total. The molecule has 15 heteroatoms. The Hall–Kier alpha value is -4.95. The molecule has 3 heterocycles. The van der Waals surface area contributed by atoms with Crippen LogP contribution in [0.2, 0.25) is 0 Å². The second kappa shape index (κ2) is 19.8. The van der Waals surface area contributed by atoms with Gasteiger partial charge in [-0.15, -0.1) is 0 Å². The lowest BCUT2D eigenvalue weighted by Crippen LogP contribution is -2.65. The highest BCUT2D eigenvalue weighted by atomic mass is 16.6. The van der Waals surface area contributed by atoms with Crippen molar-refractivity contribution in [3.05, 3.63) is 34.9 Å². The van der Waals surface area contributed by atoms with Crippen LogP contribution >= 0.6 is 0 Å². The van der Waals surface area contributed by atoms with Gasteiger partial charge in [-0.05, 0) is 204 Å². The van der Waals surface area contributed by atoms with Crippen LogP contribution < -0.4 is 0 Å². The summed E-state index contributed by atoms with van der Waals surface area (Å²) in [6, 6.07) is 0. The summed E-state index contributed by atoms with van der Waals surface area (Å²) in [4.78, 5) is 129. The van der Waals surface area contributed by atoms with E-state index in [0.717, 1.165) is 57.8 Å². The number of esters is 9. The minimum absolute atomic E-state index is 0.0233. The zero-order valence-electron chi connectivity index (χ0n) is 55.5. The summed E-state index contributed by atoms with van der Waals surface area (Å²) < 4.78 is 36.5. The topological polar surface area (TPSA) is 209 Å². The molecule has 18 rings (SSSR count). The van der Waals surface area contributed by atoms with Gasteiger partial charge in [-0.3, -0.25) is 43.2 Å². The van der Waals surface area contributed by atoms with Gasteiger partial charge in [0.2, 0.25) is 0 Å². The minimum atomic E-state index is -1.15. The molecule has 0 radical (unpaired) electrons. The van der Waals surface area contributed by atoms with E-state index in [4.69, 9.17) is 28.4 Å². The lowest BCUT2D eigenvalue weighted by Gasteiger charge is -2.68. The molecule has 90 heavy (non-hydrogen) atoms. The number of fused-ring (bicyclic) bond motifs is 3. The Morgan fingerprint density at radius 3 is 0.989 bits per heavy atom. The summed E-state index contributed by atoms with van der Waals surface area (Å²) in [7, 11) is 0. The molecule has 3 saturated heterocycles. The first-order valence-electron chi connectivity index (χ1n) is 35.4. The molecule has 12 fully saturated rings. The van der Waals surface area contributed by atoms with E-state index in [2.05, 4.69) is 80.5 Å². The van der Waals surface area contributed by atoms with Gasteiger partial charge in [0.25, 0.3) is 0 Å². The van der Waals surface area contributed by atoms with Crippen molar-refractivity contribution < 1.29 is 71.6 Å². The molecule has 0 aromatic rings. The second-order valence-corrected chi connectivity index (χ2v) is 35.0. The Balaban J connectivity index is 0.718. The van der Waals surface area contributed by atoms with Crippen molar-refractivity contribution in [1.29, 1.82) is 0 Å². The van der Waals surface area contributed by atoms with Crippen LogP contribution in [0, 0.1) is 155 Å². The maximum absolute atomic E-state index is 15.8. The van der Waals surface area contributed by atoms with Crippen LogP contribution in [0.25, 0.3) is 0 Å². The number of carbonyl (C=O) groups excluding carboxylic acids is 9. The van der Waals surface area contributed by atoms with Gasteiger partial charge in [-0.1, -0.05) is 117 Å². The minimum Gasteiger partial charge on any atom is -0.461 e. The first-order chi connectivity index (χ1) is 42.4. The van der Waals surface area contributed by atoms with Gasteiger partial charge < -0.3 is 28.4 Å². The third kappa shape index (κ3) is 7.67. The summed E-state index contributed by atoms with van der Waals surface area (Å²) in [5.41, 5.74) is -1.97. The van der Waals surface area contributed by atoms with Gasteiger partial charge in [-0.25, -0.2) is 0 Å². The number of hydrogen-bond acceptors (Lipinski definition) is 15. The fourth-order valence-corrected chi connectivity index (χ4v) is 27.3. The van der Waals surface area contributed by atoms with E-state index in [0.29, 0.717) is 57.8 Å². The summed E-state index contributed by atoms with van der Waals surface area (Å²) in [6.07, 6.45) is 18.7. The number of rotatable bonds is 11. The quantitative estimate of drug-likeness (QED) is 0.0815. The summed E-state index contributed by atoms with van der Waals surface area (Å²) in [5, 5.41) is 0. The highest BCUT2D eigenvalue weighted by molar-refractivity contribution is 6.00. The molecule has 18 aliphatic rings. The van der Waals surface area contributed by atoms with Crippen molar-refractivity contribution in [3.8, 4) is 0 Å². The van der Waals surface area contributed by atoms with Crippen molar-refractivity contribution in [2.24, 2.45) is 155 Å². The first kappa shape index (κ1) is 61.2. The molecule has 0 aromatic carbocycles. The smallest absolute Gasteiger partial charge is 0.318 e. The average molecular weight is 1240 g/mol. The lowest BCUT2D eigenvalue weighted by molar-refractivity contribution is -0.211. The number of carbonyl (C=O) groups is 9. The Labute approximate surface area is 531 Å². The van der Waals surface area contributed by atoms with Crippen molar-refractivity contribution in [3.63, 3.8) is 0 Å². The maximum atomic E-state index is 15.8. The van der Waals surface area contributed by atoms with Gasteiger partial charge in [0.1, 0.15) is 13.2 Å². The lowest BCUT2D eigenvalue weighted by atomic mass is 9.34. The van der Waals surface area contributed by atoms with E-state index in [9.17, 15) is 28.8 Å². The van der Waals surface area contributed by atoms with Crippen LogP contribution in [-0.2, 0) is 71.6 Å². The van der Waals surface area contributed by atoms with Crippen LogP contribution in [0.15, 0.2) is 34.9 Å². The molecule has 0 amide bonds. The molecule has 6 bridgehead atoms. The standard InChI is InChI=1S/C75H98O15/c1-36(2)43-31-73-25-16-46-67(7,49(73)28-40(43)52-55(73)61(79)88-58(52)76)19-13-22-70(46,10)64(82)85-34-39(87-66(84)72(12)24-15-21-69(9)48(72)18-27-75-33-45(38(5)6)42(30-51(69)75)54-57(75)63(81)90-60(54)78)35-86-65(83)71(11)23-14-20-68(8)47(71)17-26-74-32-44(37(3)4)41(29-50(68)74)53-56(74)62(80)89-59(53)77/h31-33,36-42,46-57H,13-30,34-35H2,1-12H3. The van der Waals surface area contributed by atoms with Crippen molar-refractivity contribution in [2.75, 3.05) is 13.2 Å². The fourth-order valence-electron chi connectivity index (χ4n) is 27.3. The molecule has 24 unspecified atom stereocenters. The Kier molecular flexibility index (Phi) is 13.5. The number of allylic oxidation sites excluding steroid dienone is 6. The van der Waals surface area contributed by atoms with Gasteiger partial charge in [0.05, 0.1) is 51.8 Å². The molecular formula is C75H98O15. The molecule has 3 aliphatic heterocycles. The van der Waals surface area contributed by atoms with E-state index >= 15 is 14.4 Å². The number of cyclic esters (lactones) is 6. The number of hydrogen-bond donors (Lipinski definition) is 0. The van der Waals surface area contributed by atoms with Crippen LogP contribution in [-0.4, -0.2) is 73.0 Å². The molecule has 0 aromatic heterocycles. The molecule has 3 spiro atoms. The molecule has 15 aliphatic carbocycles. The summed E-state index contributed by atoms with van der Waals surface area (Å²) in [5.74, 6) is -6.66. The monoisotopic (exact) mass is 1240 g/mol. The van der Waals surface area contributed by atoms with E-state index in [1.54, 1.807) is 0 Å². The zero-order chi connectivity index (χ0) is 63.9. The maximum Gasteiger partial charge on any atom is 0.318 e. The zero-order valence-corrected chi connectivity index (χ0v) is 55.5. The molecule has 488 valence electrons. The van der Waals surface area contributed by atoms with Crippen molar-refractivity contribution in [2.45, 2.75) is 205 Å². The molecule has 24 atom stereocenters. The predicted octanol–water partition coefficient (Wildman–Crippen LogP) is 12.4. The summed E-state index contributed by atoms with van der Waals surface area (Å²) >= 11 is 0. The van der Waals surface area contributed by atoms with E-state index in [1.807, 2.05) is 20.8 Å². The number of ether oxygens (including phenoxy) is 6. The molecule has 9 saturated carbocycles. The second-order valence-electron chi connectivity index (χ2n) is 35.0. The fraction of sp³-hybridized carbons (Fsp3) is 0.800. The van der Waals surface area contributed by atoms with Gasteiger partial charge >= 0.3 is 53.7 Å². The van der Waals surface area contributed by atoms with Crippen molar-refractivity contribution in [1.82, 2.24) is 0 Å². The van der Waals surface area contributed by atoms with Crippen LogP contribution in [0.1, 0.15) is 199 Å². The van der Waals surface area contributed by atoms with E-state index < -0.39 is 121 Å². The third-order valence-electron chi connectivity index (χ3n) is 30.7. The van der Waals surface area contributed by atoms with E-state index in [-0.39, 0.29) is 107 Å². The van der Waals surface area contributed by atoms with Gasteiger partial charge in [0, 0.05) is 16.2 Å². The normalized spacial score (nSPS) is 49.9. The Bertz CT molecular complexity index is 3190. The third-order valence-corrected chi connectivity index (χ3v) is 30.7. The first-order valence-corrected chi connectivity index (χ1v) is 35.4. The van der Waals surface area contributed by atoms with Gasteiger partial charge in [-0.2, -0.15) is 0 Å². The summed E-state index contributed by atoms with van der Waals surface area (Å²) in [6.45, 7) is 25.3. The largest absolute Gasteiger partial charge is 0.461 e. The molecule has 15 nitrogen and oxygen atoms in total. The van der Waals surface area contributed by atoms with Crippen molar-refractivity contribution >= 4 is 53.7 Å². The predicted molar refractivity (Wildman–Crippen MR) is 325 cm³/mol. The van der Waals surface area contributed by atoms with Crippen LogP contribution in [0.3, 0.4) is 0 Å².